The molecule has 0 nitrogen and oxygen atoms in total. The van der Waals surface area contributed by atoms with E-state index in [4.69, 9.17) is 0 Å². The predicted molar refractivity (Wildman–Crippen MR) is 69.0 cm³/mol. The SMILES string of the molecule is CCC(C)(CC)C(CCBr)CCBr. The molecule has 2 heteroatoms. The van der Waals surface area contributed by atoms with E-state index in [-0.39, 0.29) is 0 Å². The third-order valence-electron chi connectivity index (χ3n) is 3.52. The monoisotopic (exact) mass is 312 g/mol. The highest BCUT2D eigenvalue weighted by Crippen LogP contribution is 2.39. The van der Waals surface area contributed by atoms with Crippen molar-refractivity contribution >= 4 is 31.9 Å². The van der Waals surface area contributed by atoms with Gasteiger partial charge in [-0.2, -0.15) is 0 Å². The second-order valence-electron chi connectivity index (χ2n) is 4.01. The van der Waals surface area contributed by atoms with E-state index in [0.717, 1.165) is 16.6 Å². The average Bonchev–Trinajstić information content (AvgIpc) is 2.16. The standard InChI is InChI=1S/C11H22Br2/c1-4-11(3,5-2)10(6-8-12)7-9-13/h10H,4-9H2,1-3H3. The Morgan fingerprint density at radius 3 is 1.62 bits per heavy atom. The van der Waals surface area contributed by atoms with Crippen LogP contribution in [0.2, 0.25) is 0 Å². The molecule has 0 atom stereocenters. The first-order valence-electron chi connectivity index (χ1n) is 5.26. The van der Waals surface area contributed by atoms with Crippen LogP contribution < -0.4 is 0 Å². The number of alkyl halides is 2. The Morgan fingerprint density at radius 2 is 1.38 bits per heavy atom. The number of hydrogen-bond acceptors (Lipinski definition) is 0. The topological polar surface area (TPSA) is 0 Å². The van der Waals surface area contributed by atoms with Gasteiger partial charge in [-0.05, 0) is 24.2 Å². The van der Waals surface area contributed by atoms with Crippen LogP contribution in [-0.4, -0.2) is 10.7 Å². The molecule has 0 aromatic heterocycles. The van der Waals surface area contributed by atoms with Gasteiger partial charge in [0.25, 0.3) is 0 Å². The van der Waals surface area contributed by atoms with Gasteiger partial charge in [-0.25, -0.2) is 0 Å². The van der Waals surface area contributed by atoms with Crippen molar-refractivity contribution in [2.75, 3.05) is 10.7 Å². The molecule has 80 valence electrons. The van der Waals surface area contributed by atoms with Gasteiger partial charge in [0.05, 0.1) is 0 Å². The zero-order chi connectivity index (χ0) is 10.3. The van der Waals surface area contributed by atoms with E-state index in [0.29, 0.717) is 5.41 Å². The lowest BCUT2D eigenvalue weighted by Gasteiger charge is -2.36. The van der Waals surface area contributed by atoms with Crippen LogP contribution in [-0.2, 0) is 0 Å². The lowest BCUT2D eigenvalue weighted by atomic mass is 9.70. The van der Waals surface area contributed by atoms with E-state index in [1.165, 1.54) is 25.7 Å². The molecule has 0 amide bonds. The molecular weight excluding hydrogens is 292 g/mol. The molecule has 0 radical (unpaired) electrons. The van der Waals surface area contributed by atoms with Gasteiger partial charge in [0.15, 0.2) is 0 Å². The van der Waals surface area contributed by atoms with Crippen molar-refractivity contribution in [3.05, 3.63) is 0 Å². The second-order valence-corrected chi connectivity index (χ2v) is 5.60. The number of halogens is 2. The van der Waals surface area contributed by atoms with Gasteiger partial charge < -0.3 is 0 Å². The fraction of sp³-hybridized carbons (Fsp3) is 1.00. The summed E-state index contributed by atoms with van der Waals surface area (Å²) < 4.78 is 0. The van der Waals surface area contributed by atoms with Crippen LogP contribution in [0.3, 0.4) is 0 Å². The fourth-order valence-corrected chi connectivity index (χ4v) is 3.04. The van der Waals surface area contributed by atoms with Crippen molar-refractivity contribution in [3.8, 4) is 0 Å². The summed E-state index contributed by atoms with van der Waals surface area (Å²) in [5, 5.41) is 2.28. The molecule has 0 fully saturated rings. The molecule has 0 saturated heterocycles. The number of hydrogen-bond donors (Lipinski definition) is 0. The molecule has 0 heterocycles. The summed E-state index contributed by atoms with van der Waals surface area (Å²) in [4.78, 5) is 0. The maximum atomic E-state index is 3.56. The Bertz CT molecular complexity index is 113. The molecule has 0 aliphatic carbocycles. The van der Waals surface area contributed by atoms with Crippen molar-refractivity contribution in [2.45, 2.75) is 46.5 Å². The van der Waals surface area contributed by atoms with E-state index in [9.17, 15) is 0 Å². The molecule has 0 saturated carbocycles. The van der Waals surface area contributed by atoms with Gasteiger partial charge >= 0.3 is 0 Å². The molecular formula is C11H22Br2. The highest BCUT2D eigenvalue weighted by Gasteiger charge is 2.29. The predicted octanol–water partition coefficient (Wildman–Crippen LogP) is 5.00. The first-order chi connectivity index (χ1) is 6.14. The highest BCUT2D eigenvalue weighted by molar-refractivity contribution is 9.09. The van der Waals surface area contributed by atoms with Crippen molar-refractivity contribution in [3.63, 3.8) is 0 Å². The Balaban J connectivity index is 4.28. The minimum atomic E-state index is 0.543. The quantitative estimate of drug-likeness (QED) is 0.580. The normalized spacial score (nSPS) is 12.5. The third kappa shape index (κ3) is 4.33. The minimum Gasteiger partial charge on any atom is -0.0928 e. The molecule has 13 heavy (non-hydrogen) atoms. The largest absolute Gasteiger partial charge is 0.0928 e. The van der Waals surface area contributed by atoms with Gasteiger partial charge in [0.2, 0.25) is 0 Å². The molecule has 0 N–H and O–H groups in total. The van der Waals surface area contributed by atoms with Crippen LogP contribution in [0.4, 0.5) is 0 Å². The molecule has 0 bridgehead atoms. The van der Waals surface area contributed by atoms with Gasteiger partial charge in [-0.15, -0.1) is 0 Å². The van der Waals surface area contributed by atoms with E-state index in [1.807, 2.05) is 0 Å². The summed E-state index contributed by atoms with van der Waals surface area (Å²) in [6.45, 7) is 7.07. The molecule has 0 rings (SSSR count). The Kier molecular flexibility index (Phi) is 7.82. The zero-order valence-corrected chi connectivity index (χ0v) is 12.2. The fourth-order valence-electron chi connectivity index (χ4n) is 1.93. The van der Waals surface area contributed by atoms with Crippen molar-refractivity contribution in [1.82, 2.24) is 0 Å². The summed E-state index contributed by atoms with van der Waals surface area (Å²) in [6, 6.07) is 0. The maximum Gasteiger partial charge on any atom is 0.00341 e. The van der Waals surface area contributed by atoms with Crippen LogP contribution >= 0.6 is 31.9 Å². The summed E-state index contributed by atoms with van der Waals surface area (Å²) in [7, 11) is 0. The number of rotatable bonds is 7. The van der Waals surface area contributed by atoms with Crippen molar-refractivity contribution < 1.29 is 0 Å². The lowest BCUT2D eigenvalue weighted by Crippen LogP contribution is -2.27. The molecule has 0 spiro atoms. The molecule has 0 aliphatic heterocycles. The Hall–Kier alpha value is 0.960. The van der Waals surface area contributed by atoms with Crippen molar-refractivity contribution in [2.24, 2.45) is 11.3 Å². The van der Waals surface area contributed by atoms with Gasteiger partial charge in [0, 0.05) is 10.7 Å². The molecule has 0 aromatic rings. The minimum absolute atomic E-state index is 0.543. The Labute approximate surface area is 100 Å². The lowest BCUT2D eigenvalue weighted by molar-refractivity contribution is 0.160. The second kappa shape index (κ2) is 7.28. The third-order valence-corrected chi connectivity index (χ3v) is 4.43. The molecule has 0 aliphatic rings. The van der Waals surface area contributed by atoms with Crippen LogP contribution in [0.5, 0.6) is 0 Å². The average molecular weight is 314 g/mol. The maximum absolute atomic E-state index is 3.56. The van der Waals surface area contributed by atoms with Crippen LogP contribution in [0.1, 0.15) is 46.5 Å². The summed E-state index contributed by atoms with van der Waals surface area (Å²) in [6.07, 6.45) is 5.22. The smallest absolute Gasteiger partial charge is 0.00341 e. The van der Waals surface area contributed by atoms with Crippen LogP contribution in [0.25, 0.3) is 0 Å². The summed E-state index contributed by atoms with van der Waals surface area (Å²) >= 11 is 7.11. The van der Waals surface area contributed by atoms with E-state index < -0.39 is 0 Å². The summed E-state index contributed by atoms with van der Waals surface area (Å²) in [5.41, 5.74) is 0.543. The summed E-state index contributed by atoms with van der Waals surface area (Å²) in [5.74, 6) is 0.862. The van der Waals surface area contributed by atoms with E-state index in [2.05, 4.69) is 52.6 Å². The first kappa shape index (κ1) is 14.0. The molecule has 0 aromatic carbocycles. The highest BCUT2D eigenvalue weighted by atomic mass is 79.9. The molecule has 0 unspecified atom stereocenters. The van der Waals surface area contributed by atoms with Crippen LogP contribution in [0, 0.1) is 11.3 Å². The van der Waals surface area contributed by atoms with Gasteiger partial charge in [-0.1, -0.05) is 65.5 Å². The van der Waals surface area contributed by atoms with E-state index in [1.54, 1.807) is 0 Å². The van der Waals surface area contributed by atoms with Crippen molar-refractivity contribution in [1.29, 1.82) is 0 Å². The first-order valence-corrected chi connectivity index (χ1v) is 7.50. The van der Waals surface area contributed by atoms with Gasteiger partial charge in [0.1, 0.15) is 0 Å². The van der Waals surface area contributed by atoms with Crippen LogP contribution in [0.15, 0.2) is 0 Å². The van der Waals surface area contributed by atoms with Gasteiger partial charge in [-0.3, -0.25) is 0 Å². The Morgan fingerprint density at radius 1 is 1.00 bits per heavy atom. The zero-order valence-electron chi connectivity index (χ0n) is 9.08. The van der Waals surface area contributed by atoms with E-state index >= 15 is 0 Å².